The van der Waals surface area contributed by atoms with Crippen LogP contribution in [-0.2, 0) is 0 Å². The molecule has 0 spiro atoms. The fourth-order valence-corrected chi connectivity index (χ4v) is 3.80. The molecule has 0 aliphatic heterocycles. The predicted molar refractivity (Wildman–Crippen MR) is 64.7 cm³/mol. The number of hydrogen-bond donors (Lipinski definition) is 1. The number of nitrogens with zero attached hydrogens (tertiary/aromatic N) is 1. The topological polar surface area (TPSA) is 38.9 Å². The van der Waals surface area contributed by atoms with Gasteiger partial charge in [-0.3, -0.25) is 4.98 Å². The van der Waals surface area contributed by atoms with E-state index in [1.807, 2.05) is 0 Å². The normalized spacial score (nSPS) is 32.9. The third kappa shape index (κ3) is 2.08. The first-order valence-corrected chi connectivity index (χ1v) is 6.59. The van der Waals surface area contributed by atoms with E-state index in [0.717, 1.165) is 24.2 Å². The van der Waals surface area contributed by atoms with Crippen molar-refractivity contribution in [3.63, 3.8) is 0 Å². The van der Waals surface area contributed by atoms with Crippen LogP contribution >= 0.6 is 0 Å². The van der Waals surface area contributed by atoms with Gasteiger partial charge in [0.1, 0.15) is 5.82 Å². The van der Waals surface area contributed by atoms with Crippen LogP contribution in [0.3, 0.4) is 0 Å². The van der Waals surface area contributed by atoms with Crippen molar-refractivity contribution < 1.29 is 4.39 Å². The molecule has 4 unspecified atom stereocenters. The SMILES string of the molecule is NC(CC1CC2CCC1C2)c1ccncc1F. The summed E-state index contributed by atoms with van der Waals surface area (Å²) in [6.07, 6.45) is 9.28. The molecule has 1 aromatic rings. The maximum absolute atomic E-state index is 13.6. The van der Waals surface area contributed by atoms with Crippen molar-refractivity contribution in [1.29, 1.82) is 0 Å². The highest BCUT2D eigenvalue weighted by Gasteiger charge is 2.39. The maximum Gasteiger partial charge on any atom is 0.146 e. The summed E-state index contributed by atoms with van der Waals surface area (Å²) in [5.74, 6) is 2.25. The van der Waals surface area contributed by atoms with Gasteiger partial charge < -0.3 is 5.73 Å². The van der Waals surface area contributed by atoms with E-state index in [0.29, 0.717) is 5.56 Å². The van der Waals surface area contributed by atoms with Crippen LogP contribution in [0.25, 0.3) is 0 Å². The summed E-state index contributed by atoms with van der Waals surface area (Å²) in [6, 6.07) is 1.55. The number of nitrogens with two attached hydrogens (primary N) is 1. The van der Waals surface area contributed by atoms with Crippen LogP contribution < -0.4 is 5.73 Å². The zero-order valence-electron chi connectivity index (χ0n) is 9.98. The van der Waals surface area contributed by atoms with E-state index in [2.05, 4.69) is 4.98 Å². The lowest BCUT2D eigenvalue weighted by Gasteiger charge is -2.25. The first-order valence-electron chi connectivity index (χ1n) is 6.59. The Morgan fingerprint density at radius 3 is 2.94 bits per heavy atom. The summed E-state index contributed by atoms with van der Waals surface area (Å²) in [5, 5.41) is 0. The number of aromatic nitrogens is 1. The minimum atomic E-state index is -0.261. The molecule has 3 rings (SSSR count). The van der Waals surface area contributed by atoms with E-state index >= 15 is 0 Å². The highest BCUT2D eigenvalue weighted by Crippen LogP contribution is 2.50. The monoisotopic (exact) mass is 234 g/mol. The first-order chi connectivity index (χ1) is 8.24. The van der Waals surface area contributed by atoms with E-state index in [-0.39, 0.29) is 11.9 Å². The molecule has 92 valence electrons. The van der Waals surface area contributed by atoms with Crippen molar-refractivity contribution in [2.45, 2.75) is 38.1 Å². The lowest BCUT2D eigenvalue weighted by Crippen LogP contribution is -2.20. The van der Waals surface area contributed by atoms with Crippen LogP contribution in [0.5, 0.6) is 0 Å². The quantitative estimate of drug-likeness (QED) is 0.873. The van der Waals surface area contributed by atoms with Crippen LogP contribution in [0, 0.1) is 23.6 Å². The molecule has 17 heavy (non-hydrogen) atoms. The highest BCUT2D eigenvalue weighted by atomic mass is 19.1. The first kappa shape index (κ1) is 11.1. The molecule has 1 heterocycles. The second-order valence-corrected chi connectivity index (χ2v) is 5.67. The van der Waals surface area contributed by atoms with Crippen LogP contribution in [-0.4, -0.2) is 4.98 Å². The van der Waals surface area contributed by atoms with E-state index in [1.54, 1.807) is 12.3 Å². The van der Waals surface area contributed by atoms with Crippen LogP contribution in [0.4, 0.5) is 4.39 Å². The number of rotatable bonds is 3. The maximum atomic E-state index is 13.6. The van der Waals surface area contributed by atoms with Gasteiger partial charge >= 0.3 is 0 Å². The minimum Gasteiger partial charge on any atom is -0.324 e. The zero-order valence-corrected chi connectivity index (χ0v) is 9.98. The molecule has 0 aromatic carbocycles. The summed E-state index contributed by atoms with van der Waals surface area (Å²) < 4.78 is 13.6. The average molecular weight is 234 g/mol. The number of pyridine rings is 1. The van der Waals surface area contributed by atoms with Gasteiger partial charge in [0, 0.05) is 17.8 Å². The molecule has 3 heteroatoms. The lowest BCUT2D eigenvalue weighted by atomic mass is 9.83. The van der Waals surface area contributed by atoms with Gasteiger partial charge in [0.25, 0.3) is 0 Å². The molecular formula is C14H19FN2. The molecule has 1 aromatic heterocycles. The molecule has 2 bridgehead atoms. The molecule has 0 saturated heterocycles. The van der Waals surface area contributed by atoms with Crippen LogP contribution in [0.1, 0.15) is 43.7 Å². The fourth-order valence-electron chi connectivity index (χ4n) is 3.80. The minimum absolute atomic E-state index is 0.164. The van der Waals surface area contributed by atoms with E-state index in [4.69, 9.17) is 5.73 Å². The molecule has 2 N–H and O–H groups in total. The Labute approximate surface area is 101 Å². The number of hydrogen-bond acceptors (Lipinski definition) is 2. The summed E-state index contributed by atoms with van der Waals surface area (Å²) in [6.45, 7) is 0. The average Bonchev–Trinajstić information content (AvgIpc) is 2.91. The van der Waals surface area contributed by atoms with Gasteiger partial charge in [0.2, 0.25) is 0 Å². The molecule has 4 atom stereocenters. The van der Waals surface area contributed by atoms with E-state index < -0.39 is 0 Å². The van der Waals surface area contributed by atoms with Crippen molar-refractivity contribution in [3.05, 3.63) is 29.8 Å². The Morgan fingerprint density at radius 1 is 1.41 bits per heavy atom. The van der Waals surface area contributed by atoms with Gasteiger partial charge in [0.05, 0.1) is 6.20 Å². The molecule has 2 fully saturated rings. The summed E-state index contributed by atoms with van der Waals surface area (Å²) >= 11 is 0. The van der Waals surface area contributed by atoms with Gasteiger partial charge in [-0.15, -0.1) is 0 Å². The van der Waals surface area contributed by atoms with E-state index in [1.165, 1.54) is 31.9 Å². The summed E-state index contributed by atoms with van der Waals surface area (Å²) in [7, 11) is 0. The Bertz CT molecular complexity index is 407. The van der Waals surface area contributed by atoms with Crippen molar-refractivity contribution >= 4 is 0 Å². The smallest absolute Gasteiger partial charge is 0.146 e. The molecule has 2 nitrogen and oxygen atoms in total. The van der Waals surface area contributed by atoms with Crippen molar-refractivity contribution in [3.8, 4) is 0 Å². The van der Waals surface area contributed by atoms with Crippen molar-refractivity contribution in [2.75, 3.05) is 0 Å². The van der Waals surface area contributed by atoms with Crippen LogP contribution in [0.15, 0.2) is 18.5 Å². The summed E-state index contributed by atoms with van der Waals surface area (Å²) in [5.41, 5.74) is 6.77. The molecule has 2 saturated carbocycles. The molecule has 0 amide bonds. The third-order valence-electron chi connectivity index (χ3n) is 4.64. The Balaban J connectivity index is 1.68. The summed E-state index contributed by atoms with van der Waals surface area (Å²) in [4.78, 5) is 3.77. The number of fused-ring (bicyclic) bond motifs is 2. The van der Waals surface area contributed by atoms with Gasteiger partial charge in [-0.1, -0.05) is 6.42 Å². The Hall–Kier alpha value is -0.960. The fraction of sp³-hybridized carbons (Fsp3) is 0.643. The Morgan fingerprint density at radius 2 is 2.29 bits per heavy atom. The highest BCUT2D eigenvalue weighted by molar-refractivity contribution is 5.17. The largest absolute Gasteiger partial charge is 0.324 e. The van der Waals surface area contributed by atoms with Gasteiger partial charge in [-0.05, 0) is 49.5 Å². The Kier molecular flexibility index (Phi) is 2.87. The molecular weight excluding hydrogens is 215 g/mol. The van der Waals surface area contributed by atoms with Gasteiger partial charge in [-0.25, -0.2) is 4.39 Å². The second-order valence-electron chi connectivity index (χ2n) is 5.67. The van der Waals surface area contributed by atoms with Crippen molar-refractivity contribution in [1.82, 2.24) is 4.98 Å². The number of halogens is 1. The standard InChI is InChI=1S/C14H19FN2/c15-13-8-17-4-3-12(13)14(16)7-11-6-9-1-2-10(11)5-9/h3-4,8-11,14H,1-2,5-7,16H2. The van der Waals surface area contributed by atoms with Gasteiger partial charge in [0.15, 0.2) is 0 Å². The van der Waals surface area contributed by atoms with Crippen LogP contribution in [0.2, 0.25) is 0 Å². The third-order valence-corrected chi connectivity index (χ3v) is 4.64. The van der Waals surface area contributed by atoms with E-state index in [9.17, 15) is 4.39 Å². The molecule has 2 aliphatic rings. The predicted octanol–water partition coefficient (Wildman–Crippen LogP) is 3.05. The van der Waals surface area contributed by atoms with Crippen molar-refractivity contribution in [2.24, 2.45) is 23.5 Å². The molecule has 2 aliphatic carbocycles. The zero-order chi connectivity index (χ0) is 11.8. The lowest BCUT2D eigenvalue weighted by molar-refractivity contribution is 0.294. The molecule has 0 radical (unpaired) electrons. The van der Waals surface area contributed by atoms with Gasteiger partial charge in [-0.2, -0.15) is 0 Å². The second kappa shape index (κ2) is 4.37.